The van der Waals surface area contributed by atoms with Gasteiger partial charge in [0.05, 0.1) is 0 Å². The first-order valence-corrected chi connectivity index (χ1v) is 8.94. The zero-order valence-corrected chi connectivity index (χ0v) is 14.7. The number of hydrogen-bond donors (Lipinski definition) is 1. The van der Waals surface area contributed by atoms with Crippen molar-refractivity contribution >= 4 is 12.1 Å². The molecule has 0 radical (unpaired) electrons. The summed E-state index contributed by atoms with van der Waals surface area (Å²) in [5.41, 5.74) is 1.78. The van der Waals surface area contributed by atoms with Crippen LogP contribution in [-0.4, -0.2) is 59.8 Å². The van der Waals surface area contributed by atoms with Crippen LogP contribution in [0.1, 0.15) is 24.4 Å². The zero-order valence-electron chi connectivity index (χ0n) is 14.7. The second-order valence-corrected chi connectivity index (χ2v) is 6.49. The number of carboxylic acids is 1. The standard InChI is InChI=1S/C20H24N2O4/c23-19(24)18(17-9-5-2-6-10-17)21-11-13-22(14-12-21)20(25)26-15-16-7-3-1-4-8-16/h2-3,5-10,18H,1,4,11-15H2,(H,23,24). The molecule has 26 heavy (non-hydrogen) atoms. The lowest BCUT2D eigenvalue weighted by Crippen LogP contribution is -2.51. The van der Waals surface area contributed by atoms with Crippen LogP contribution in [0.15, 0.2) is 54.1 Å². The van der Waals surface area contributed by atoms with Crippen molar-refractivity contribution in [2.24, 2.45) is 0 Å². The van der Waals surface area contributed by atoms with E-state index in [1.54, 1.807) is 4.90 Å². The average Bonchev–Trinajstić information content (AvgIpc) is 2.68. The van der Waals surface area contributed by atoms with Crippen molar-refractivity contribution in [3.8, 4) is 0 Å². The number of allylic oxidation sites excluding steroid dienone is 2. The van der Waals surface area contributed by atoms with Gasteiger partial charge in [0.2, 0.25) is 0 Å². The fraction of sp³-hybridized carbons (Fsp3) is 0.400. The fourth-order valence-electron chi connectivity index (χ4n) is 3.32. The van der Waals surface area contributed by atoms with E-state index < -0.39 is 12.0 Å². The molecule has 1 unspecified atom stereocenters. The first kappa shape index (κ1) is 18.2. The molecule has 1 aromatic carbocycles. The van der Waals surface area contributed by atoms with E-state index in [9.17, 15) is 14.7 Å². The number of hydrogen-bond acceptors (Lipinski definition) is 4. The Balaban J connectivity index is 1.52. The van der Waals surface area contributed by atoms with Crippen molar-refractivity contribution in [2.45, 2.75) is 18.9 Å². The molecule has 1 aromatic rings. The van der Waals surface area contributed by atoms with Gasteiger partial charge in [0, 0.05) is 26.2 Å². The summed E-state index contributed by atoms with van der Waals surface area (Å²) in [7, 11) is 0. The number of aliphatic carboxylic acids is 1. The quantitative estimate of drug-likeness (QED) is 0.878. The maximum atomic E-state index is 12.2. The number of carboxylic acid groups (broad SMARTS) is 1. The van der Waals surface area contributed by atoms with E-state index in [4.69, 9.17) is 4.74 Å². The number of ether oxygens (including phenoxy) is 1. The molecule has 2 aliphatic rings. The minimum absolute atomic E-state index is 0.289. The molecule has 1 heterocycles. The molecule has 6 heteroatoms. The Morgan fingerprint density at radius 3 is 2.42 bits per heavy atom. The SMILES string of the molecule is O=C(O)C(c1ccccc1)N1CCN(C(=O)OCC2=CCCC=C2)CC1. The van der Waals surface area contributed by atoms with Gasteiger partial charge in [-0.1, -0.05) is 48.6 Å². The lowest BCUT2D eigenvalue weighted by Gasteiger charge is -2.37. The van der Waals surface area contributed by atoms with Crippen molar-refractivity contribution in [2.75, 3.05) is 32.8 Å². The number of carbonyl (C=O) groups is 2. The van der Waals surface area contributed by atoms with Crippen LogP contribution in [-0.2, 0) is 9.53 Å². The first-order valence-electron chi connectivity index (χ1n) is 8.94. The summed E-state index contributed by atoms with van der Waals surface area (Å²) in [6.07, 6.45) is 7.84. The van der Waals surface area contributed by atoms with E-state index in [2.05, 4.69) is 12.2 Å². The van der Waals surface area contributed by atoms with E-state index in [1.807, 2.05) is 41.3 Å². The molecule has 1 fully saturated rings. The molecule has 0 bridgehead atoms. The van der Waals surface area contributed by atoms with Gasteiger partial charge in [-0.05, 0) is 24.0 Å². The summed E-state index contributed by atoms with van der Waals surface area (Å²) in [6, 6.07) is 8.51. The minimum atomic E-state index is -0.872. The van der Waals surface area contributed by atoms with Crippen LogP contribution in [0.5, 0.6) is 0 Å². The topological polar surface area (TPSA) is 70.1 Å². The molecule has 1 aliphatic heterocycles. The molecule has 1 N–H and O–H groups in total. The highest BCUT2D eigenvalue weighted by Crippen LogP contribution is 2.22. The largest absolute Gasteiger partial charge is 0.480 e. The predicted octanol–water partition coefficient (Wildman–Crippen LogP) is 2.84. The van der Waals surface area contributed by atoms with Gasteiger partial charge in [-0.2, -0.15) is 0 Å². The van der Waals surface area contributed by atoms with Crippen LogP contribution in [0.25, 0.3) is 0 Å². The Hall–Kier alpha value is -2.60. The summed E-state index contributed by atoms with van der Waals surface area (Å²) >= 11 is 0. The Morgan fingerprint density at radius 1 is 1.08 bits per heavy atom. The monoisotopic (exact) mass is 356 g/mol. The molecule has 1 atom stereocenters. The molecule has 0 saturated carbocycles. The van der Waals surface area contributed by atoms with Gasteiger partial charge in [-0.25, -0.2) is 4.79 Å². The predicted molar refractivity (Wildman–Crippen MR) is 97.8 cm³/mol. The van der Waals surface area contributed by atoms with E-state index in [1.165, 1.54) is 0 Å². The molecule has 6 nitrogen and oxygen atoms in total. The Kier molecular flexibility index (Phi) is 6.07. The Labute approximate surface area is 153 Å². The van der Waals surface area contributed by atoms with E-state index in [0.29, 0.717) is 26.2 Å². The second-order valence-electron chi connectivity index (χ2n) is 6.49. The van der Waals surface area contributed by atoms with Crippen molar-refractivity contribution in [1.82, 2.24) is 9.80 Å². The zero-order chi connectivity index (χ0) is 18.4. The molecule has 0 aromatic heterocycles. The van der Waals surface area contributed by atoms with Crippen LogP contribution in [0, 0.1) is 0 Å². The van der Waals surface area contributed by atoms with Gasteiger partial charge in [0.1, 0.15) is 12.6 Å². The van der Waals surface area contributed by atoms with Gasteiger partial charge in [-0.3, -0.25) is 9.69 Å². The lowest BCUT2D eigenvalue weighted by atomic mass is 10.0. The van der Waals surface area contributed by atoms with Crippen molar-refractivity contribution < 1.29 is 19.4 Å². The lowest BCUT2D eigenvalue weighted by molar-refractivity contribution is -0.144. The number of carbonyl (C=O) groups excluding carboxylic acids is 1. The molecular formula is C20H24N2O4. The normalized spacial score (nSPS) is 18.9. The minimum Gasteiger partial charge on any atom is -0.480 e. The highest BCUT2D eigenvalue weighted by atomic mass is 16.6. The van der Waals surface area contributed by atoms with Gasteiger partial charge < -0.3 is 14.7 Å². The van der Waals surface area contributed by atoms with E-state index in [0.717, 1.165) is 24.0 Å². The third-order valence-corrected chi connectivity index (χ3v) is 4.72. The highest BCUT2D eigenvalue weighted by molar-refractivity contribution is 5.75. The average molecular weight is 356 g/mol. The van der Waals surface area contributed by atoms with Gasteiger partial charge in [0.15, 0.2) is 0 Å². The first-order chi connectivity index (χ1) is 12.6. The van der Waals surface area contributed by atoms with Crippen molar-refractivity contribution in [3.05, 3.63) is 59.7 Å². The van der Waals surface area contributed by atoms with E-state index in [-0.39, 0.29) is 12.7 Å². The Bertz CT molecular complexity index is 691. The molecule has 138 valence electrons. The van der Waals surface area contributed by atoms with Crippen LogP contribution in [0.2, 0.25) is 0 Å². The number of amides is 1. The molecule has 1 aliphatic carbocycles. The number of piperazine rings is 1. The molecular weight excluding hydrogens is 332 g/mol. The summed E-state index contributed by atoms with van der Waals surface area (Å²) in [6.45, 7) is 2.22. The van der Waals surface area contributed by atoms with Gasteiger partial charge in [0.25, 0.3) is 0 Å². The summed E-state index contributed by atoms with van der Waals surface area (Å²) in [4.78, 5) is 27.5. The molecule has 0 spiro atoms. The molecule has 1 saturated heterocycles. The fourth-order valence-corrected chi connectivity index (χ4v) is 3.32. The number of nitrogens with zero attached hydrogens (tertiary/aromatic N) is 2. The molecule has 1 amide bonds. The number of rotatable bonds is 5. The van der Waals surface area contributed by atoms with Crippen molar-refractivity contribution in [3.63, 3.8) is 0 Å². The third-order valence-electron chi connectivity index (χ3n) is 4.72. The second kappa shape index (κ2) is 8.67. The highest BCUT2D eigenvalue weighted by Gasteiger charge is 2.31. The maximum Gasteiger partial charge on any atom is 0.410 e. The summed E-state index contributed by atoms with van der Waals surface area (Å²) in [5.74, 6) is -0.872. The molecule has 3 rings (SSSR count). The third kappa shape index (κ3) is 4.52. The van der Waals surface area contributed by atoms with Gasteiger partial charge >= 0.3 is 12.1 Å². The van der Waals surface area contributed by atoms with Gasteiger partial charge in [-0.15, -0.1) is 0 Å². The van der Waals surface area contributed by atoms with Crippen LogP contribution >= 0.6 is 0 Å². The summed E-state index contributed by atoms with van der Waals surface area (Å²) < 4.78 is 5.38. The summed E-state index contributed by atoms with van der Waals surface area (Å²) in [5, 5.41) is 9.62. The van der Waals surface area contributed by atoms with Crippen LogP contribution in [0.4, 0.5) is 4.79 Å². The smallest absolute Gasteiger partial charge is 0.410 e. The van der Waals surface area contributed by atoms with E-state index >= 15 is 0 Å². The van der Waals surface area contributed by atoms with Crippen LogP contribution in [0.3, 0.4) is 0 Å². The number of benzene rings is 1. The Morgan fingerprint density at radius 2 is 1.81 bits per heavy atom. The van der Waals surface area contributed by atoms with Crippen LogP contribution < -0.4 is 0 Å². The maximum absolute atomic E-state index is 12.2. The van der Waals surface area contributed by atoms with Crippen molar-refractivity contribution in [1.29, 1.82) is 0 Å².